The molecule has 102 valence electrons. The third kappa shape index (κ3) is 4.27. The molecule has 4 nitrogen and oxygen atoms in total. The van der Waals surface area contributed by atoms with E-state index in [2.05, 4.69) is 0 Å². The van der Waals surface area contributed by atoms with Crippen molar-refractivity contribution < 1.29 is 22.7 Å². The van der Waals surface area contributed by atoms with E-state index < -0.39 is 21.8 Å². The van der Waals surface area contributed by atoms with Gasteiger partial charge in [0.2, 0.25) is 0 Å². The van der Waals surface area contributed by atoms with Gasteiger partial charge in [-0.2, -0.15) is 0 Å². The number of aliphatic hydroxyl groups is 1. The van der Waals surface area contributed by atoms with E-state index in [0.717, 1.165) is 0 Å². The van der Waals surface area contributed by atoms with Gasteiger partial charge in [0.25, 0.3) is 0 Å². The maximum Gasteiger partial charge on any atom is 0.153 e. The summed E-state index contributed by atoms with van der Waals surface area (Å²) >= 11 is 0. The second-order valence-corrected chi connectivity index (χ2v) is 6.42. The highest BCUT2D eigenvalue weighted by Gasteiger charge is 2.12. The molecule has 1 unspecified atom stereocenters. The number of ether oxygens (including phenoxy) is 1. The fraction of sp³-hybridized carbons (Fsp3) is 0.500. The smallest absolute Gasteiger partial charge is 0.153 e. The second-order valence-electron chi connectivity index (χ2n) is 3.94. The molecule has 0 aliphatic carbocycles. The molecule has 1 atom stereocenters. The van der Waals surface area contributed by atoms with Gasteiger partial charge >= 0.3 is 0 Å². The van der Waals surface area contributed by atoms with Gasteiger partial charge in [-0.1, -0.05) is 6.92 Å². The molecule has 0 amide bonds. The van der Waals surface area contributed by atoms with E-state index in [1.165, 1.54) is 25.1 Å². The zero-order chi connectivity index (χ0) is 13.8. The lowest BCUT2D eigenvalue weighted by molar-refractivity contribution is 0.191. The lowest BCUT2D eigenvalue weighted by Crippen LogP contribution is -2.16. The van der Waals surface area contributed by atoms with Crippen LogP contribution in [0.3, 0.4) is 0 Å². The summed E-state index contributed by atoms with van der Waals surface area (Å²) in [6.45, 7) is 3.04. The van der Waals surface area contributed by atoms with Crippen molar-refractivity contribution in [3.63, 3.8) is 0 Å². The average molecular weight is 276 g/mol. The van der Waals surface area contributed by atoms with Crippen LogP contribution in [0.1, 0.15) is 25.5 Å². The summed E-state index contributed by atoms with van der Waals surface area (Å²) in [4.78, 5) is 0. The van der Waals surface area contributed by atoms with Gasteiger partial charge in [0.1, 0.15) is 18.2 Å². The average Bonchev–Trinajstić information content (AvgIpc) is 2.30. The first-order valence-electron chi connectivity index (χ1n) is 5.66. The van der Waals surface area contributed by atoms with Crippen molar-refractivity contribution in [3.8, 4) is 5.75 Å². The molecule has 0 saturated heterocycles. The largest absolute Gasteiger partial charge is 0.492 e. The number of benzene rings is 1. The van der Waals surface area contributed by atoms with Gasteiger partial charge in [-0.25, -0.2) is 12.8 Å². The van der Waals surface area contributed by atoms with Crippen LogP contribution in [0, 0.1) is 5.82 Å². The summed E-state index contributed by atoms with van der Waals surface area (Å²) in [6.07, 6.45) is -0.876. The Morgan fingerprint density at radius 2 is 2.11 bits per heavy atom. The van der Waals surface area contributed by atoms with Gasteiger partial charge in [-0.05, 0) is 25.1 Å². The van der Waals surface area contributed by atoms with Gasteiger partial charge in [0.15, 0.2) is 9.84 Å². The zero-order valence-electron chi connectivity index (χ0n) is 10.4. The fourth-order valence-electron chi connectivity index (χ4n) is 1.40. The van der Waals surface area contributed by atoms with E-state index >= 15 is 0 Å². The van der Waals surface area contributed by atoms with Crippen LogP contribution < -0.4 is 4.74 Å². The molecule has 0 heterocycles. The van der Waals surface area contributed by atoms with Gasteiger partial charge in [-0.3, -0.25) is 0 Å². The molecule has 0 aromatic heterocycles. The molecule has 1 aromatic rings. The number of hydrogen-bond donors (Lipinski definition) is 1. The highest BCUT2D eigenvalue weighted by atomic mass is 32.2. The summed E-state index contributed by atoms with van der Waals surface area (Å²) in [5.41, 5.74) is 0.309. The van der Waals surface area contributed by atoms with Crippen molar-refractivity contribution in [2.45, 2.75) is 20.0 Å². The van der Waals surface area contributed by atoms with Crippen molar-refractivity contribution in [3.05, 3.63) is 29.6 Å². The lowest BCUT2D eigenvalue weighted by atomic mass is 10.1. The van der Waals surface area contributed by atoms with Gasteiger partial charge < -0.3 is 9.84 Å². The predicted molar refractivity (Wildman–Crippen MR) is 66.9 cm³/mol. The Morgan fingerprint density at radius 1 is 1.44 bits per heavy atom. The summed E-state index contributed by atoms with van der Waals surface area (Å²) in [5, 5.41) is 9.47. The molecule has 0 saturated carbocycles. The Morgan fingerprint density at radius 3 is 2.67 bits per heavy atom. The predicted octanol–water partition coefficient (Wildman–Crippen LogP) is 1.69. The molecule has 0 radical (unpaired) electrons. The topological polar surface area (TPSA) is 63.6 Å². The normalized spacial score (nSPS) is 13.3. The maximum atomic E-state index is 13.0. The first kappa shape index (κ1) is 14.9. The van der Waals surface area contributed by atoms with Gasteiger partial charge in [0.05, 0.1) is 11.9 Å². The van der Waals surface area contributed by atoms with Crippen molar-refractivity contribution in [1.82, 2.24) is 0 Å². The van der Waals surface area contributed by atoms with E-state index in [0.29, 0.717) is 11.3 Å². The number of hydrogen-bond acceptors (Lipinski definition) is 4. The lowest BCUT2D eigenvalue weighted by Gasteiger charge is -2.13. The van der Waals surface area contributed by atoms with E-state index in [9.17, 15) is 17.9 Å². The molecule has 1 N–H and O–H groups in total. The van der Waals surface area contributed by atoms with E-state index in [1.54, 1.807) is 6.92 Å². The first-order chi connectivity index (χ1) is 8.35. The molecule has 0 spiro atoms. The van der Waals surface area contributed by atoms with Crippen LogP contribution >= 0.6 is 0 Å². The Kier molecular flexibility index (Phi) is 5.10. The molecule has 6 heteroatoms. The van der Waals surface area contributed by atoms with Crippen LogP contribution in [0.25, 0.3) is 0 Å². The minimum absolute atomic E-state index is 0.0124. The number of sulfone groups is 1. The summed E-state index contributed by atoms with van der Waals surface area (Å²) in [5.74, 6) is -0.208. The Hall–Kier alpha value is -1.14. The number of aliphatic hydroxyl groups excluding tert-OH is 1. The SMILES string of the molecule is CCS(=O)(=O)CCOc1ccc(F)cc1C(C)O. The van der Waals surface area contributed by atoms with E-state index in [1.807, 2.05) is 0 Å². The first-order valence-corrected chi connectivity index (χ1v) is 7.48. The van der Waals surface area contributed by atoms with Crippen LogP contribution in [0.15, 0.2) is 18.2 Å². The molecular formula is C12H17FO4S. The van der Waals surface area contributed by atoms with Crippen LogP contribution in [-0.2, 0) is 9.84 Å². The van der Waals surface area contributed by atoms with Crippen LogP contribution in [0.5, 0.6) is 5.75 Å². The van der Waals surface area contributed by atoms with Crippen LogP contribution in [0.2, 0.25) is 0 Å². The molecular weight excluding hydrogens is 259 g/mol. The van der Waals surface area contributed by atoms with Crippen molar-refractivity contribution >= 4 is 9.84 Å². The third-order valence-corrected chi connectivity index (χ3v) is 4.18. The zero-order valence-corrected chi connectivity index (χ0v) is 11.2. The maximum absolute atomic E-state index is 13.0. The van der Waals surface area contributed by atoms with Crippen LogP contribution in [0.4, 0.5) is 4.39 Å². The Bertz CT molecular complexity index is 497. The molecule has 0 fully saturated rings. The highest BCUT2D eigenvalue weighted by Crippen LogP contribution is 2.25. The molecule has 1 rings (SSSR count). The van der Waals surface area contributed by atoms with Crippen molar-refractivity contribution in [2.75, 3.05) is 18.1 Å². The summed E-state index contributed by atoms with van der Waals surface area (Å²) in [6, 6.07) is 3.76. The summed E-state index contributed by atoms with van der Waals surface area (Å²) < 4.78 is 40.8. The molecule has 0 aliphatic rings. The van der Waals surface area contributed by atoms with E-state index in [4.69, 9.17) is 4.74 Å². The minimum atomic E-state index is -3.09. The monoisotopic (exact) mass is 276 g/mol. The third-order valence-electron chi connectivity index (χ3n) is 2.51. The summed E-state index contributed by atoms with van der Waals surface area (Å²) in [7, 11) is -3.09. The standard InChI is InChI=1S/C12H17FO4S/c1-3-18(15,16)7-6-17-12-5-4-10(13)8-11(12)9(2)14/h4-5,8-9,14H,3,6-7H2,1-2H3. The van der Waals surface area contributed by atoms with Crippen molar-refractivity contribution in [1.29, 1.82) is 0 Å². The van der Waals surface area contributed by atoms with E-state index in [-0.39, 0.29) is 18.1 Å². The molecule has 0 aliphatic heterocycles. The second kappa shape index (κ2) is 6.15. The highest BCUT2D eigenvalue weighted by molar-refractivity contribution is 7.91. The molecule has 1 aromatic carbocycles. The van der Waals surface area contributed by atoms with Crippen molar-refractivity contribution in [2.24, 2.45) is 0 Å². The van der Waals surface area contributed by atoms with Crippen LogP contribution in [-0.4, -0.2) is 31.6 Å². The Balaban J connectivity index is 2.73. The molecule has 18 heavy (non-hydrogen) atoms. The van der Waals surface area contributed by atoms with Gasteiger partial charge in [0, 0.05) is 11.3 Å². The number of rotatable bonds is 6. The fourth-order valence-corrected chi connectivity index (χ4v) is 2.03. The number of halogens is 1. The minimum Gasteiger partial charge on any atom is -0.492 e. The molecule has 0 bridgehead atoms. The Labute approximate surface area is 106 Å². The van der Waals surface area contributed by atoms with Gasteiger partial charge in [-0.15, -0.1) is 0 Å². The quantitative estimate of drug-likeness (QED) is 0.859.